The lowest BCUT2D eigenvalue weighted by molar-refractivity contribution is -0.139. The van der Waals surface area contributed by atoms with Gasteiger partial charge in [0.25, 0.3) is 0 Å². The number of carbonyl (C=O) groups is 1. The predicted octanol–water partition coefficient (Wildman–Crippen LogP) is 3.25. The van der Waals surface area contributed by atoms with Crippen LogP contribution >= 0.6 is 0 Å². The summed E-state index contributed by atoms with van der Waals surface area (Å²) >= 11 is 0. The Bertz CT molecular complexity index is 514. The van der Waals surface area contributed by atoms with E-state index in [4.69, 9.17) is 5.11 Å². The van der Waals surface area contributed by atoms with Crippen molar-refractivity contribution in [2.24, 2.45) is 11.3 Å². The maximum absolute atomic E-state index is 13.9. The van der Waals surface area contributed by atoms with E-state index < -0.39 is 35.6 Å². The first-order chi connectivity index (χ1) is 8.75. The number of hydrogen-bond donors (Lipinski definition) is 1. The Balaban J connectivity index is 2.26. The molecule has 0 heterocycles. The smallest absolute Gasteiger partial charge is 0.387 e. The van der Waals surface area contributed by atoms with Crippen LogP contribution in [0.1, 0.15) is 25.3 Å². The Morgan fingerprint density at radius 2 is 2.05 bits per heavy atom. The van der Waals surface area contributed by atoms with E-state index in [9.17, 15) is 18.0 Å². The number of halogens is 3. The normalized spacial score (nSPS) is 24.3. The van der Waals surface area contributed by atoms with Gasteiger partial charge in [-0.2, -0.15) is 8.78 Å². The van der Waals surface area contributed by atoms with Gasteiger partial charge in [0.05, 0.1) is 5.92 Å². The molecule has 0 radical (unpaired) electrons. The molecule has 0 unspecified atom stereocenters. The fraction of sp³-hybridized carbons (Fsp3) is 0.462. The maximum atomic E-state index is 13.9. The van der Waals surface area contributed by atoms with Crippen LogP contribution in [0.4, 0.5) is 13.2 Å². The highest BCUT2D eigenvalue weighted by Gasteiger charge is 2.63. The summed E-state index contributed by atoms with van der Waals surface area (Å²) in [5.74, 6) is -3.10. The number of carboxylic acid groups (broad SMARTS) is 1. The summed E-state index contributed by atoms with van der Waals surface area (Å²) in [4.78, 5) is 11.0. The van der Waals surface area contributed by atoms with E-state index in [-0.39, 0.29) is 11.3 Å². The minimum atomic E-state index is -3.02. The van der Waals surface area contributed by atoms with Crippen LogP contribution in [0.25, 0.3) is 0 Å². The third-order valence-electron chi connectivity index (χ3n) is 3.63. The molecule has 0 saturated heterocycles. The molecule has 6 heteroatoms. The summed E-state index contributed by atoms with van der Waals surface area (Å²) in [6, 6.07) is 3.38. The van der Waals surface area contributed by atoms with Gasteiger partial charge in [-0.15, -0.1) is 0 Å². The zero-order chi connectivity index (χ0) is 14.4. The molecule has 104 valence electrons. The predicted molar refractivity (Wildman–Crippen MR) is 60.7 cm³/mol. The average Bonchev–Trinajstić information content (AvgIpc) is 2.80. The van der Waals surface area contributed by atoms with Crippen molar-refractivity contribution < 1.29 is 27.8 Å². The standard InChI is InChI=1S/C13H13F3O3/c1-13(2)9(10(13)11(17)18)7-4-3-6(5-8(7)14)19-12(15)16/h3-5,9-10,12H,1-2H3,(H,17,18)/t9-,10+/m1/s1. The molecule has 1 aliphatic rings. The second-order valence-corrected chi connectivity index (χ2v) is 5.18. The summed E-state index contributed by atoms with van der Waals surface area (Å²) in [5, 5.41) is 9.04. The van der Waals surface area contributed by atoms with Crippen LogP contribution in [0.5, 0.6) is 5.75 Å². The molecule has 1 aromatic rings. The topological polar surface area (TPSA) is 46.5 Å². The Morgan fingerprint density at radius 3 is 2.47 bits per heavy atom. The molecule has 1 aromatic carbocycles. The lowest BCUT2D eigenvalue weighted by atomic mass is 10.0. The molecule has 2 rings (SSSR count). The fourth-order valence-corrected chi connectivity index (χ4v) is 2.62. The molecular weight excluding hydrogens is 261 g/mol. The average molecular weight is 274 g/mol. The minimum Gasteiger partial charge on any atom is -0.481 e. The molecule has 0 amide bonds. The molecule has 0 aromatic heterocycles. The fourth-order valence-electron chi connectivity index (χ4n) is 2.62. The van der Waals surface area contributed by atoms with Gasteiger partial charge in [0, 0.05) is 12.0 Å². The van der Waals surface area contributed by atoms with Crippen LogP contribution < -0.4 is 4.74 Å². The van der Waals surface area contributed by atoms with E-state index in [2.05, 4.69) is 4.74 Å². The van der Waals surface area contributed by atoms with Crippen molar-refractivity contribution in [3.8, 4) is 5.75 Å². The van der Waals surface area contributed by atoms with E-state index in [1.54, 1.807) is 13.8 Å². The molecule has 1 saturated carbocycles. The van der Waals surface area contributed by atoms with Crippen molar-refractivity contribution in [1.29, 1.82) is 0 Å². The monoisotopic (exact) mass is 274 g/mol. The van der Waals surface area contributed by atoms with E-state index in [0.717, 1.165) is 6.07 Å². The molecule has 3 nitrogen and oxygen atoms in total. The van der Waals surface area contributed by atoms with Gasteiger partial charge in [-0.3, -0.25) is 4.79 Å². The summed E-state index contributed by atoms with van der Waals surface area (Å²) in [7, 11) is 0. The van der Waals surface area contributed by atoms with Crippen molar-refractivity contribution in [3.05, 3.63) is 29.6 Å². The first-order valence-corrected chi connectivity index (χ1v) is 5.72. The summed E-state index contributed by atoms with van der Waals surface area (Å²) in [6.45, 7) is 0.452. The van der Waals surface area contributed by atoms with Crippen molar-refractivity contribution in [3.63, 3.8) is 0 Å². The van der Waals surface area contributed by atoms with Crippen LogP contribution in [0.15, 0.2) is 18.2 Å². The number of aliphatic carboxylic acids is 1. The number of ether oxygens (including phenoxy) is 1. The van der Waals surface area contributed by atoms with Crippen LogP contribution in [0, 0.1) is 17.2 Å². The van der Waals surface area contributed by atoms with Gasteiger partial charge in [-0.05, 0) is 17.0 Å². The number of hydrogen-bond acceptors (Lipinski definition) is 2. The van der Waals surface area contributed by atoms with Crippen molar-refractivity contribution in [1.82, 2.24) is 0 Å². The molecule has 0 spiro atoms. The first kappa shape index (κ1) is 13.7. The van der Waals surface area contributed by atoms with E-state index >= 15 is 0 Å². The summed E-state index contributed by atoms with van der Waals surface area (Å²) < 4.78 is 41.9. The second-order valence-electron chi connectivity index (χ2n) is 5.18. The van der Waals surface area contributed by atoms with Gasteiger partial charge >= 0.3 is 12.6 Å². The van der Waals surface area contributed by atoms with Crippen molar-refractivity contribution >= 4 is 5.97 Å². The Labute approximate surface area is 108 Å². The second kappa shape index (κ2) is 4.43. The number of rotatable bonds is 4. The third kappa shape index (κ3) is 2.39. The molecule has 1 aliphatic carbocycles. The lowest BCUT2D eigenvalue weighted by Gasteiger charge is -2.08. The van der Waals surface area contributed by atoms with Crippen LogP contribution in [0.2, 0.25) is 0 Å². The van der Waals surface area contributed by atoms with Gasteiger partial charge in [0.1, 0.15) is 11.6 Å². The van der Waals surface area contributed by atoms with Gasteiger partial charge < -0.3 is 9.84 Å². The SMILES string of the molecule is CC1(C)[C@H](C(=O)O)[C@H]1c1ccc(OC(F)F)cc1F. The van der Waals surface area contributed by atoms with Gasteiger partial charge in [-0.1, -0.05) is 19.9 Å². The third-order valence-corrected chi connectivity index (χ3v) is 3.63. The van der Waals surface area contributed by atoms with Crippen LogP contribution in [-0.4, -0.2) is 17.7 Å². The largest absolute Gasteiger partial charge is 0.481 e. The minimum absolute atomic E-state index is 0.221. The van der Waals surface area contributed by atoms with Crippen molar-refractivity contribution in [2.75, 3.05) is 0 Å². The molecule has 19 heavy (non-hydrogen) atoms. The Kier molecular flexibility index (Phi) is 3.20. The van der Waals surface area contributed by atoms with Gasteiger partial charge in [-0.25, -0.2) is 4.39 Å². The molecule has 0 aliphatic heterocycles. The van der Waals surface area contributed by atoms with Crippen LogP contribution in [-0.2, 0) is 4.79 Å². The molecule has 0 bridgehead atoms. The Morgan fingerprint density at radius 1 is 1.42 bits per heavy atom. The zero-order valence-electron chi connectivity index (χ0n) is 10.4. The highest BCUT2D eigenvalue weighted by Crippen LogP contribution is 2.64. The number of carboxylic acids is 1. The first-order valence-electron chi connectivity index (χ1n) is 5.72. The molecule has 1 fully saturated rings. The number of alkyl halides is 2. The molecule has 2 atom stereocenters. The lowest BCUT2D eigenvalue weighted by Crippen LogP contribution is -2.03. The van der Waals surface area contributed by atoms with Crippen molar-refractivity contribution in [2.45, 2.75) is 26.4 Å². The summed E-state index contributed by atoms with van der Waals surface area (Å²) in [6.07, 6.45) is 0. The number of benzene rings is 1. The molecule has 1 N–H and O–H groups in total. The van der Waals surface area contributed by atoms with Gasteiger partial charge in [0.15, 0.2) is 0 Å². The van der Waals surface area contributed by atoms with E-state index in [1.165, 1.54) is 12.1 Å². The Hall–Kier alpha value is -1.72. The van der Waals surface area contributed by atoms with E-state index in [1.807, 2.05) is 0 Å². The highest BCUT2D eigenvalue weighted by atomic mass is 19.3. The van der Waals surface area contributed by atoms with E-state index in [0.29, 0.717) is 0 Å². The maximum Gasteiger partial charge on any atom is 0.387 e. The summed E-state index contributed by atoms with van der Waals surface area (Å²) in [5.41, 5.74) is -0.323. The zero-order valence-corrected chi connectivity index (χ0v) is 10.4. The molecular formula is C13H13F3O3. The van der Waals surface area contributed by atoms with Gasteiger partial charge in [0.2, 0.25) is 0 Å². The van der Waals surface area contributed by atoms with Crippen LogP contribution in [0.3, 0.4) is 0 Å². The quantitative estimate of drug-likeness (QED) is 0.916. The highest BCUT2D eigenvalue weighted by molar-refractivity contribution is 5.77.